The molecular formula is C11H13N3S. The van der Waals surface area contributed by atoms with Crippen molar-refractivity contribution in [2.45, 2.75) is 19.8 Å². The molecule has 3 nitrogen and oxygen atoms in total. The fraction of sp³-hybridized carbons (Fsp3) is 0.273. The molecule has 15 heavy (non-hydrogen) atoms. The van der Waals surface area contributed by atoms with Crippen LogP contribution in [0.1, 0.15) is 25.3 Å². The smallest absolute Gasteiger partial charge is 0.199 e. The van der Waals surface area contributed by atoms with Crippen molar-refractivity contribution in [3.8, 4) is 5.69 Å². The molecule has 0 aliphatic carbocycles. The number of rotatable bonds is 2. The second-order valence-electron chi connectivity index (χ2n) is 3.78. The van der Waals surface area contributed by atoms with Gasteiger partial charge in [0.15, 0.2) is 4.77 Å². The Kier molecular flexibility index (Phi) is 2.68. The van der Waals surface area contributed by atoms with Gasteiger partial charge in [-0.3, -0.25) is 9.67 Å². The number of H-pyrrole nitrogens is 1. The van der Waals surface area contributed by atoms with Crippen LogP contribution < -0.4 is 0 Å². The van der Waals surface area contributed by atoms with E-state index in [4.69, 9.17) is 12.2 Å². The molecule has 0 radical (unpaired) electrons. The zero-order valence-corrected chi connectivity index (χ0v) is 9.58. The van der Waals surface area contributed by atoms with Crippen molar-refractivity contribution in [1.29, 1.82) is 0 Å². The van der Waals surface area contributed by atoms with Crippen molar-refractivity contribution < 1.29 is 0 Å². The number of nitrogens with one attached hydrogen (secondary N) is 1. The molecule has 0 fully saturated rings. The summed E-state index contributed by atoms with van der Waals surface area (Å²) >= 11 is 5.10. The predicted molar refractivity (Wildman–Crippen MR) is 62.8 cm³/mol. The van der Waals surface area contributed by atoms with Crippen LogP contribution in [0.3, 0.4) is 0 Å². The average Bonchev–Trinajstić information content (AvgIpc) is 2.65. The Balaban J connectivity index is 2.40. The van der Waals surface area contributed by atoms with Gasteiger partial charge in [-0.2, -0.15) is 5.10 Å². The van der Waals surface area contributed by atoms with Crippen molar-refractivity contribution in [1.82, 2.24) is 14.8 Å². The van der Waals surface area contributed by atoms with Crippen LogP contribution in [-0.2, 0) is 0 Å². The minimum Gasteiger partial charge on any atom is -0.275 e. The van der Waals surface area contributed by atoms with E-state index in [1.54, 1.807) is 6.33 Å². The first-order valence-electron chi connectivity index (χ1n) is 4.91. The van der Waals surface area contributed by atoms with Gasteiger partial charge in [0.1, 0.15) is 6.33 Å². The van der Waals surface area contributed by atoms with Crippen LogP contribution in [0.5, 0.6) is 0 Å². The average molecular weight is 219 g/mol. The third-order valence-electron chi connectivity index (χ3n) is 2.39. The normalized spacial score (nSPS) is 10.9. The zero-order valence-electron chi connectivity index (χ0n) is 8.77. The highest BCUT2D eigenvalue weighted by Gasteiger charge is 2.01. The summed E-state index contributed by atoms with van der Waals surface area (Å²) in [6.45, 7) is 4.36. The minimum atomic E-state index is 0.552. The van der Waals surface area contributed by atoms with Crippen molar-refractivity contribution in [2.75, 3.05) is 0 Å². The summed E-state index contributed by atoms with van der Waals surface area (Å²) in [5.74, 6) is 0.552. The number of hydrogen-bond donors (Lipinski definition) is 1. The first-order valence-corrected chi connectivity index (χ1v) is 5.31. The Morgan fingerprint density at radius 1 is 1.27 bits per heavy atom. The van der Waals surface area contributed by atoms with E-state index in [9.17, 15) is 0 Å². The Morgan fingerprint density at radius 3 is 2.40 bits per heavy atom. The van der Waals surface area contributed by atoms with Gasteiger partial charge in [0, 0.05) is 5.69 Å². The molecule has 1 heterocycles. The van der Waals surface area contributed by atoms with Crippen LogP contribution in [0.4, 0.5) is 0 Å². The molecule has 0 amide bonds. The summed E-state index contributed by atoms with van der Waals surface area (Å²) < 4.78 is 2.46. The van der Waals surface area contributed by atoms with Crippen LogP contribution in [0.2, 0.25) is 0 Å². The number of benzene rings is 1. The highest BCUT2D eigenvalue weighted by molar-refractivity contribution is 7.71. The number of nitrogens with zero attached hydrogens (tertiary/aromatic N) is 2. The summed E-state index contributed by atoms with van der Waals surface area (Å²) in [5.41, 5.74) is 2.37. The zero-order chi connectivity index (χ0) is 10.8. The van der Waals surface area contributed by atoms with Gasteiger partial charge in [-0.15, -0.1) is 0 Å². The van der Waals surface area contributed by atoms with Crippen LogP contribution >= 0.6 is 12.2 Å². The van der Waals surface area contributed by atoms with E-state index in [0.717, 1.165) is 5.69 Å². The van der Waals surface area contributed by atoms with Gasteiger partial charge < -0.3 is 0 Å². The molecule has 0 aliphatic rings. The molecule has 0 unspecified atom stereocenters. The first kappa shape index (κ1) is 10.1. The van der Waals surface area contributed by atoms with Crippen LogP contribution in [0.15, 0.2) is 30.6 Å². The van der Waals surface area contributed by atoms with Gasteiger partial charge in [0.2, 0.25) is 0 Å². The van der Waals surface area contributed by atoms with E-state index in [-0.39, 0.29) is 0 Å². The third-order valence-corrected chi connectivity index (χ3v) is 2.68. The molecule has 0 atom stereocenters. The van der Waals surface area contributed by atoms with Crippen LogP contribution in [0, 0.1) is 4.77 Å². The van der Waals surface area contributed by atoms with E-state index in [1.165, 1.54) is 5.56 Å². The molecule has 0 bridgehead atoms. The molecule has 1 N–H and O–H groups in total. The minimum absolute atomic E-state index is 0.552. The first-order chi connectivity index (χ1) is 7.18. The molecule has 1 aromatic carbocycles. The third kappa shape index (κ3) is 1.99. The van der Waals surface area contributed by atoms with E-state index in [2.05, 4.69) is 48.3 Å². The lowest BCUT2D eigenvalue weighted by Crippen LogP contribution is -1.93. The highest BCUT2D eigenvalue weighted by atomic mass is 32.1. The van der Waals surface area contributed by atoms with Gasteiger partial charge in [-0.1, -0.05) is 26.0 Å². The van der Waals surface area contributed by atoms with E-state index in [0.29, 0.717) is 10.7 Å². The molecule has 2 rings (SSSR count). The standard InChI is InChI=1S/C11H13N3S/c1-8(2)9-3-5-10(6-4-9)14-7-12-13-11(14)15/h3-8H,1-2H3,(H,13,15). The summed E-state index contributed by atoms with van der Waals surface area (Å²) in [6, 6.07) is 8.35. The second kappa shape index (κ2) is 3.98. The van der Waals surface area contributed by atoms with Crippen molar-refractivity contribution in [3.63, 3.8) is 0 Å². The fourth-order valence-corrected chi connectivity index (χ4v) is 1.66. The Hall–Kier alpha value is -1.42. The van der Waals surface area contributed by atoms with E-state index < -0.39 is 0 Å². The summed E-state index contributed by atoms with van der Waals surface area (Å²) in [4.78, 5) is 0. The molecular weight excluding hydrogens is 206 g/mol. The maximum atomic E-state index is 5.10. The Morgan fingerprint density at radius 2 is 1.93 bits per heavy atom. The summed E-state index contributed by atoms with van der Waals surface area (Å²) in [5, 5.41) is 6.62. The SMILES string of the molecule is CC(C)c1ccc(-n2cn[nH]c2=S)cc1. The lowest BCUT2D eigenvalue weighted by atomic mass is 10.0. The summed E-state index contributed by atoms with van der Waals surface area (Å²) in [7, 11) is 0. The number of aromatic nitrogens is 3. The van der Waals surface area contributed by atoms with Crippen LogP contribution in [-0.4, -0.2) is 14.8 Å². The molecule has 2 aromatic rings. The van der Waals surface area contributed by atoms with Gasteiger partial charge in [0.25, 0.3) is 0 Å². The summed E-state index contributed by atoms with van der Waals surface area (Å²) in [6.07, 6.45) is 1.69. The fourth-order valence-electron chi connectivity index (χ4n) is 1.45. The largest absolute Gasteiger partial charge is 0.275 e. The van der Waals surface area contributed by atoms with Gasteiger partial charge in [-0.05, 0) is 35.8 Å². The lowest BCUT2D eigenvalue weighted by molar-refractivity contribution is 0.865. The lowest BCUT2D eigenvalue weighted by Gasteiger charge is -2.06. The molecule has 4 heteroatoms. The van der Waals surface area contributed by atoms with Crippen molar-refractivity contribution in [3.05, 3.63) is 40.9 Å². The molecule has 0 aliphatic heterocycles. The Labute approximate surface area is 93.8 Å². The van der Waals surface area contributed by atoms with Crippen molar-refractivity contribution >= 4 is 12.2 Å². The van der Waals surface area contributed by atoms with E-state index in [1.807, 2.05) is 4.57 Å². The van der Waals surface area contributed by atoms with Crippen molar-refractivity contribution in [2.24, 2.45) is 0 Å². The topological polar surface area (TPSA) is 33.6 Å². The quantitative estimate of drug-likeness (QED) is 0.788. The van der Waals surface area contributed by atoms with E-state index >= 15 is 0 Å². The number of aromatic amines is 1. The predicted octanol–water partition coefficient (Wildman–Crippen LogP) is 3.05. The van der Waals surface area contributed by atoms with Gasteiger partial charge >= 0.3 is 0 Å². The molecule has 0 saturated carbocycles. The number of hydrogen-bond acceptors (Lipinski definition) is 2. The van der Waals surface area contributed by atoms with Crippen LogP contribution in [0.25, 0.3) is 5.69 Å². The molecule has 0 saturated heterocycles. The Bertz CT molecular complexity index is 493. The monoisotopic (exact) mass is 219 g/mol. The van der Waals surface area contributed by atoms with Gasteiger partial charge in [0.05, 0.1) is 0 Å². The molecule has 0 spiro atoms. The maximum absolute atomic E-state index is 5.10. The van der Waals surface area contributed by atoms with Gasteiger partial charge in [-0.25, -0.2) is 0 Å². The molecule has 78 valence electrons. The second-order valence-corrected chi connectivity index (χ2v) is 4.16. The molecule has 1 aromatic heterocycles. The highest BCUT2D eigenvalue weighted by Crippen LogP contribution is 2.16. The maximum Gasteiger partial charge on any atom is 0.199 e.